The third-order valence-corrected chi connectivity index (χ3v) is 2.02. The Morgan fingerprint density at radius 1 is 1.57 bits per heavy atom. The van der Waals surface area contributed by atoms with E-state index in [-0.39, 0.29) is 6.10 Å². The van der Waals surface area contributed by atoms with E-state index in [2.05, 4.69) is 6.07 Å². The Hall–Kier alpha value is -1.53. The largest absolute Gasteiger partial charge is 0.491 e. The number of nitriles is 1. The summed E-state index contributed by atoms with van der Waals surface area (Å²) in [5, 5.41) is 8.75. The number of epoxide rings is 1. The van der Waals surface area contributed by atoms with Crippen molar-refractivity contribution >= 4 is 0 Å². The molecule has 1 saturated heterocycles. The summed E-state index contributed by atoms with van der Waals surface area (Å²) in [7, 11) is 0. The van der Waals surface area contributed by atoms with Crippen LogP contribution in [0.2, 0.25) is 0 Å². The first kappa shape index (κ1) is 9.04. The zero-order valence-corrected chi connectivity index (χ0v) is 7.99. The van der Waals surface area contributed by atoms with E-state index in [4.69, 9.17) is 14.7 Å². The first-order chi connectivity index (χ1) is 6.78. The molecule has 0 saturated carbocycles. The Bertz CT molecular complexity index is 377. The van der Waals surface area contributed by atoms with Crippen LogP contribution < -0.4 is 4.74 Å². The molecule has 0 N–H and O–H groups in total. The molecule has 3 nitrogen and oxygen atoms in total. The molecule has 1 aromatic rings. The second kappa shape index (κ2) is 3.69. The molecule has 2 rings (SSSR count). The monoisotopic (exact) mass is 189 g/mol. The van der Waals surface area contributed by atoms with Crippen molar-refractivity contribution in [2.24, 2.45) is 0 Å². The van der Waals surface area contributed by atoms with Crippen molar-refractivity contribution in [2.45, 2.75) is 13.0 Å². The molecule has 0 aromatic heterocycles. The third kappa shape index (κ3) is 2.24. The summed E-state index contributed by atoms with van der Waals surface area (Å²) in [5.74, 6) is 0.747. The maximum atomic E-state index is 8.75. The number of rotatable bonds is 3. The lowest BCUT2D eigenvalue weighted by Crippen LogP contribution is -2.04. The van der Waals surface area contributed by atoms with Crippen molar-refractivity contribution in [1.82, 2.24) is 0 Å². The topological polar surface area (TPSA) is 45.5 Å². The van der Waals surface area contributed by atoms with Gasteiger partial charge in [0, 0.05) is 0 Å². The minimum atomic E-state index is 0.251. The van der Waals surface area contributed by atoms with Gasteiger partial charge in [0.25, 0.3) is 0 Å². The van der Waals surface area contributed by atoms with Crippen LogP contribution in [0.5, 0.6) is 5.75 Å². The van der Waals surface area contributed by atoms with E-state index in [0.717, 1.165) is 17.9 Å². The minimum absolute atomic E-state index is 0.251. The van der Waals surface area contributed by atoms with Gasteiger partial charge in [-0.2, -0.15) is 5.26 Å². The molecule has 1 atom stereocenters. The standard InChI is InChI=1S/C11H11NO2/c1-8-2-9(5-12)4-10(3-8)13-6-11-7-14-11/h2-4,11H,6-7H2,1H3/t11-/m1/s1. The van der Waals surface area contributed by atoms with Gasteiger partial charge in [0.2, 0.25) is 0 Å². The van der Waals surface area contributed by atoms with Crippen LogP contribution in [0, 0.1) is 18.3 Å². The Kier molecular flexibility index (Phi) is 2.38. The van der Waals surface area contributed by atoms with Crippen molar-refractivity contribution in [3.05, 3.63) is 29.3 Å². The van der Waals surface area contributed by atoms with E-state index in [9.17, 15) is 0 Å². The summed E-state index contributed by atoms with van der Waals surface area (Å²) in [6.45, 7) is 3.31. The molecule has 0 spiro atoms. The average molecular weight is 189 g/mol. The zero-order chi connectivity index (χ0) is 9.97. The first-order valence-electron chi connectivity index (χ1n) is 4.54. The lowest BCUT2D eigenvalue weighted by atomic mass is 10.1. The van der Waals surface area contributed by atoms with Gasteiger partial charge in [0.1, 0.15) is 18.5 Å². The molecule has 72 valence electrons. The molecule has 1 aliphatic rings. The number of aryl methyl sites for hydroxylation is 1. The van der Waals surface area contributed by atoms with Gasteiger partial charge in [-0.1, -0.05) is 0 Å². The lowest BCUT2D eigenvalue weighted by molar-refractivity contribution is 0.263. The van der Waals surface area contributed by atoms with E-state index in [0.29, 0.717) is 12.2 Å². The molecule has 0 radical (unpaired) electrons. The van der Waals surface area contributed by atoms with Gasteiger partial charge in [0.15, 0.2) is 0 Å². The molecule has 14 heavy (non-hydrogen) atoms. The predicted molar refractivity (Wildman–Crippen MR) is 51.1 cm³/mol. The normalized spacial score (nSPS) is 18.7. The fourth-order valence-corrected chi connectivity index (χ4v) is 1.25. The van der Waals surface area contributed by atoms with E-state index in [1.54, 1.807) is 6.07 Å². The summed E-state index contributed by atoms with van der Waals surface area (Å²) in [6, 6.07) is 7.60. The van der Waals surface area contributed by atoms with Crippen LogP contribution in [-0.2, 0) is 4.74 Å². The Morgan fingerprint density at radius 2 is 2.36 bits per heavy atom. The molecule has 1 fully saturated rings. The van der Waals surface area contributed by atoms with Crippen molar-refractivity contribution < 1.29 is 9.47 Å². The van der Waals surface area contributed by atoms with Crippen LogP contribution in [0.4, 0.5) is 0 Å². The molecule has 0 bridgehead atoms. The van der Waals surface area contributed by atoms with Crippen molar-refractivity contribution in [2.75, 3.05) is 13.2 Å². The Morgan fingerprint density at radius 3 is 3.00 bits per heavy atom. The minimum Gasteiger partial charge on any atom is -0.491 e. The van der Waals surface area contributed by atoms with Gasteiger partial charge in [-0.25, -0.2) is 0 Å². The predicted octanol–water partition coefficient (Wildman–Crippen LogP) is 1.64. The molecule has 1 aliphatic heterocycles. The van der Waals surface area contributed by atoms with Crippen LogP contribution in [0.3, 0.4) is 0 Å². The lowest BCUT2D eigenvalue weighted by Gasteiger charge is -2.05. The molecule has 0 amide bonds. The fraction of sp³-hybridized carbons (Fsp3) is 0.364. The zero-order valence-electron chi connectivity index (χ0n) is 7.99. The van der Waals surface area contributed by atoms with Crippen LogP contribution in [0.15, 0.2) is 18.2 Å². The molecule has 1 aromatic carbocycles. The van der Waals surface area contributed by atoms with Gasteiger partial charge < -0.3 is 9.47 Å². The first-order valence-corrected chi connectivity index (χ1v) is 4.54. The fourth-order valence-electron chi connectivity index (χ4n) is 1.25. The van der Waals surface area contributed by atoms with Gasteiger partial charge >= 0.3 is 0 Å². The van der Waals surface area contributed by atoms with E-state index >= 15 is 0 Å². The number of nitrogens with zero attached hydrogens (tertiary/aromatic N) is 1. The number of benzene rings is 1. The van der Waals surface area contributed by atoms with Crippen LogP contribution >= 0.6 is 0 Å². The van der Waals surface area contributed by atoms with E-state index in [1.807, 2.05) is 19.1 Å². The number of hydrogen-bond donors (Lipinski definition) is 0. The van der Waals surface area contributed by atoms with Gasteiger partial charge in [-0.15, -0.1) is 0 Å². The van der Waals surface area contributed by atoms with Crippen molar-refractivity contribution in [1.29, 1.82) is 5.26 Å². The van der Waals surface area contributed by atoms with Gasteiger partial charge in [0.05, 0.1) is 18.2 Å². The van der Waals surface area contributed by atoms with Crippen molar-refractivity contribution in [3.8, 4) is 11.8 Å². The summed E-state index contributed by atoms with van der Waals surface area (Å²) in [6.07, 6.45) is 0.251. The highest BCUT2D eigenvalue weighted by Gasteiger charge is 2.23. The SMILES string of the molecule is Cc1cc(C#N)cc(OC[C@@H]2CO2)c1. The average Bonchev–Trinajstić information content (AvgIpc) is 2.97. The molecule has 0 aliphatic carbocycles. The van der Waals surface area contributed by atoms with Gasteiger partial charge in [-0.05, 0) is 30.7 Å². The summed E-state index contributed by atoms with van der Waals surface area (Å²) in [5.41, 5.74) is 1.67. The highest BCUT2D eigenvalue weighted by Crippen LogP contribution is 2.18. The molecule has 0 unspecified atom stereocenters. The summed E-state index contributed by atoms with van der Waals surface area (Å²) in [4.78, 5) is 0. The highest BCUT2D eigenvalue weighted by atomic mass is 16.6. The van der Waals surface area contributed by atoms with Crippen molar-refractivity contribution in [3.63, 3.8) is 0 Å². The Balaban J connectivity index is 2.07. The van der Waals surface area contributed by atoms with E-state index < -0.39 is 0 Å². The number of ether oxygens (including phenoxy) is 2. The smallest absolute Gasteiger partial charge is 0.121 e. The van der Waals surface area contributed by atoms with Crippen LogP contribution in [-0.4, -0.2) is 19.3 Å². The molecule has 3 heteroatoms. The number of hydrogen-bond acceptors (Lipinski definition) is 3. The van der Waals surface area contributed by atoms with Gasteiger partial charge in [-0.3, -0.25) is 0 Å². The van der Waals surface area contributed by atoms with Crippen LogP contribution in [0.25, 0.3) is 0 Å². The Labute approximate surface area is 82.9 Å². The molecule has 1 heterocycles. The second-order valence-corrected chi connectivity index (χ2v) is 3.41. The summed E-state index contributed by atoms with van der Waals surface area (Å²) >= 11 is 0. The summed E-state index contributed by atoms with van der Waals surface area (Å²) < 4.78 is 10.5. The third-order valence-electron chi connectivity index (χ3n) is 2.02. The maximum absolute atomic E-state index is 8.75. The molecular weight excluding hydrogens is 178 g/mol. The maximum Gasteiger partial charge on any atom is 0.121 e. The van der Waals surface area contributed by atoms with Crippen LogP contribution in [0.1, 0.15) is 11.1 Å². The quantitative estimate of drug-likeness (QED) is 0.679. The second-order valence-electron chi connectivity index (χ2n) is 3.41. The molecular formula is C11H11NO2. The highest BCUT2D eigenvalue weighted by molar-refractivity contribution is 5.40. The van der Waals surface area contributed by atoms with E-state index in [1.165, 1.54) is 0 Å².